The molecule has 0 bridgehead atoms. The normalized spacial score (nSPS) is 18.2. The maximum atomic E-state index is 12.8. The molecule has 0 saturated carbocycles. The van der Waals surface area contributed by atoms with E-state index in [-0.39, 0.29) is 36.4 Å². The van der Waals surface area contributed by atoms with Crippen LogP contribution < -0.4 is 10.9 Å². The molecule has 3 unspecified atom stereocenters. The van der Waals surface area contributed by atoms with Crippen molar-refractivity contribution in [3.05, 3.63) is 51.9 Å². The molecule has 10 heteroatoms. The first kappa shape index (κ1) is 27.0. The van der Waals surface area contributed by atoms with Gasteiger partial charge in [0.15, 0.2) is 0 Å². The summed E-state index contributed by atoms with van der Waals surface area (Å²) in [4.78, 5) is 30.0. The molecule has 0 amide bonds. The van der Waals surface area contributed by atoms with Crippen molar-refractivity contribution in [2.45, 2.75) is 58.0 Å². The van der Waals surface area contributed by atoms with Gasteiger partial charge in [0.1, 0.15) is 18.0 Å². The molecular formula is C27H36N4O6. The predicted molar refractivity (Wildman–Crippen MR) is 139 cm³/mol. The molecule has 0 spiro atoms. The summed E-state index contributed by atoms with van der Waals surface area (Å²) in [7, 11) is 3.28. The number of pyridine rings is 1. The zero-order chi connectivity index (χ0) is 26.7. The van der Waals surface area contributed by atoms with E-state index >= 15 is 0 Å². The third-order valence-corrected chi connectivity index (χ3v) is 6.87. The van der Waals surface area contributed by atoms with Crippen molar-refractivity contribution < 1.29 is 24.1 Å². The number of nitrogens with one attached hydrogen (secondary N) is 1. The summed E-state index contributed by atoms with van der Waals surface area (Å²) in [5.41, 5.74) is 3.91. The number of methoxy groups -OCH3 is 1. The number of benzene rings is 1. The molecule has 200 valence electrons. The first-order valence-electron chi connectivity index (χ1n) is 12.6. The van der Waals surface area contributed by atoms with Gasteiger partial charge in [-0.3, -0.25) is 14.9 Å². The van der Waals surface area contributed by atoms with Gasteiger partial charge in [-0.05, 0) is 44.5 Å². The van der Waals surface area contributed by atoms with Gasteiger partial charge in [0.2, 0.25) is 0 Å². The molecular weight excluding hydrogens is 476 g/mol. The number of aliphatic hydroxyl groups is 1. The molecule has 0 aliphatic carbocycles. The molecule has 1 aliphatic rings. The highest BCUT2D eigenvalue weighted by molar-refractivity contribution is 5.82. The summed E-state index contributed by atoms with van der Waals surface area (Å²) in [6.07, 6.45) is 1.84. The lowest BCUT2D eigenvalue weighted by Gasteiger charge is -2.24. The minimum Gasteiger partial charge on any atom is -0.459 e. The van der Waals surface area contributed by atoms with E-state index in [0.29, 0.717) is 37.6 Å². The fraction of sp³-hybridized carbons (Fsp3) is 0.519. The molecule has 1 aromatic carbocycles. The van der Waals surface area contributed by atoms with E-state index in [9.17, 15) is 14.7 Å². The second-order valence-electron chi connectivity index (χ2n) is 9.71. The summed E-state index contributed by atoms with van der Waals surface area (Å²) in [6.45, 7) is 6.89. The highest BCUT2D eigenvalue weighted by Crippen LogP contribution is 2.29. The highest BCUT2D eigenvalue weighted by atomic mass is 16.6. The third-order valence-electron chi connectivity index (χ3n) is 6.87. The number of carbonyl (C=O) groups excluding carboxylic acids is 1. The Labute approximate surface area is 216 Å². The molecule has 3 aromatic rings. The molecule has 10 nitrogen and oxygen atoms in total. The number of imidazole rings is 1. The van der Waals surface area contributed by atoms with E-state index in [2.05, 4.69) is 5.32 Å². The van der Waals surface area contributed by atoms with Gasteiger partial charge in [0, 0.05) is 44.4 Å². The zero-order valence-corrected chi connectivity index (χ0v) is 22.1. The number of rotatable bonds is 10. The topological polar surface area (TPSA) is 117 Å². The van der Waals surface area contributed by atoms with Gasteiger partial charge >= 0.3 is 5.97 Å². The van der Waals surface area contributed by atoms with E-state index < -0.39 is 6.04 Å². The average molecular weight is 513 g/mol. The van der Waals surface area contributed by atoms with Crippen molar-refractivity contribution in [1.82, 2.24) is 19.4 Å². The molecule has 3 heterocycles. The van der Waals surface area contributed by atoms with E-state index in [1.807, 2.05) is 42.7 Å². The number of ether oxygens (including phenoxy) is 3. The number of carbonyl (C=O) groups is 1. The SMILES string of the molecule is COC(C)C(NCc1ccc2c(c1)nc(-c1cc(C)c(=O)n(C)c1)n2[C@@H](C)CO)C(=O)OC1CCOC1. The molecule has 4 atom stereocenters. The lowest BCUT2D eigenvalue weighted by molar-refractivity contribution is -0.155. The summed E-state index contributed by atoms with van der Waals surface area (Å²) < 4.78 is 19.9. The summed E-state index contributed by atoms with van der Waals surface area (Å²) in [5, 5.41) is 13.2. The van der Waals surface area contributed by atoms with Crippen LogP contribution in [0.15, 0.2) is 35.3 Å². The van der Waals surface area contributed by atoms with Crippen LogP contribution >= 0.6 is 0 Å². The summed E-state index contributed by atoms with van der Waals surface area (Å²) in [6, 6.07) is 6.86. The Morgan fingerprint density at radius 3 is 2.76 bits per heavy atom. The lowest BCUT2D eigenvalue weighted by Crippen LogP contribution is -2.47. The third kappa shape index (κ3) is 5.77. The molecule has 1 saturated heterocycles. The molecule has 4 rings (SSSR count). The monoisotopic (exact) mass is 512 g/mol. The van der Waals surface area contributed by atoms with Crippen LogP contribution in [0.25, 0.3) is 22.4 Å². The van der Waals surface area contributed by atoms with Crippen molar-refractivity contribution in [1.29, 1.82) is 0 Å². The van der Waals surface area contributed by atoms with Crippen molar-refractivity contribution in [3.63, 3.8) is 0 Å². The van der Waals surface area contributed by atoms with E-state index in [1.165, 1.54) is 0 Å². The van der Waals surface area contributed by atoms with Crippen molar-refractivity contribution in [2.24, 2.45) is 7.05 Å². The van der Waals surface area contributed by atoms with Crippen LogP contribution in [0, 0.1) is 6.92 Å². The summed E-state index contributed by atoms with van der Waals surface area (Å²) in [5.74, 6) is 0.313. The maximum absolute atomic E-state index is 12.8. The molecule has 2 aromatic heterocycles. The second-order valence-corrected chi connectivity index (χ2v) is 9.71. The standard InChI is InChI=1S/C27H36N4O6/c1-16-10-20(13-30(4)26(16)33)25-29-22-11-19(6-7-23(22)31(25)17(2)14-32)12-28-24(18(3)35-5)27(34)37-21-8-9-36-15-21/h6-7,10-11,13,17-18,21,24,28,32H,8-9,12,14-15H2,1-5H3/t17-,18?,21?,24?/m0/s1. The Bertz CT molecular complexity index is 1280. The van der Waals surface area contributed by atoms with Crippen LogP contribution in [0.2, 0.25) is 0 Å². The fourth-order valence-electron chi connectivity index (χ4n) is 4.63. The van der Waals surface area contributed by atoms with Gasteiger partial charge in [0.25, 0.3) is 5.56 Å². The van der Waals surface area contributed by atoms with Crippen LogP contribution in [0.4, 0.5) is 0 Å². The van der Waals surface area contributed by atoms with Gasteiger partial charge < -0.3 is 28.5 Å². The average Bonchev–Trinajstić information content (AvgIpc) is 3.53. The van der Waals surface area contributed by atoms with Crippen LogP contribution in [0.1, 0.15) is 37.4 Å². The molecule has 1 fully saturated rings. The first-order chi connectivity index (χ1) is 17.7. The number of aryl methyl sites for hydroxylation is 2. The maximum Gasteiger partial charge on any atom is 0.326 e. The van der Waals surface area contributed by atoms with Gasteiger partial charge in [0.05, 0.1) is 43.0 Å². The highest BCUT2D eigenvalue weighted by Gasteiger charge is 2.30. The van der Waals surface area contributed by atoms with E-state index in [1.54, 1.807) is 31.8 Å². The minimum absolute atomic E-state index is 0.0583. The minimum atomic E-state index is -0.641. The van der Waals surface area contributed by atoms with Crippen molar-refractivity contribution >= 4 is 17.0 Å². The number of aromatic nitrogens is 3. The molecule has 0 radical (unpaired) electrons. The number of nitrogens with zero attached hydrogens (tertiary/aromatic N) is 3. The molecule has 2 N–H and O–H groups in total. The van der Waals surface area contributed by atoms with E-state index in [0.717, 1.165) is 22.2 Å². The van der Waals surface area contributed by atoms with Crippen LogP contribution in [0.5, 0.6) is 0 Å². The first-order valence-corrected chi connectivity index (χ1v) is 12.6. The number of esters is 1. The number of aliphatic hydroxyl groups excluding tert-OH is 1. The van der Waals surface area contributed by atoms with Crippen molar-refractivity contribution in [2.75, 3.05) is 26.9 Å². The Morgan fingerprint density at radius 1 is 1.32 bits per heavy atom. The zero-order valence-electron chi connectivity index (χ0n) is 22.1. The lowest BCUT2D eigenvalue weighted by atomic mass is 10.1. The Balaban J connectivity index is 1.62. The number of fused-ring (bicyclic) bond motifs is 1. The largest absolute Gasteiger partial charge is 0.459 e. The van der Waals surface area contributed by atoms with Gasteiger partial charge in [-0.15, -0.1) is 0 Å². The van der Waals surface area contributed by atoms with Gasteiger partial charge in [-0.25, -0.2) is 4.98 Å². The Hall–Kier alpha value is -3.05. The van der Waals surface area contributed by atoms with Gasteiger partial charge in [-0.1, -0.05) is 6.07 Å². The smallest absolute Gasteiger partial charge is 0.326 e. The number of hydrogen-bond donors (Lipinski definition) is 2. The summed E-state index contributed by atoms with van der Waals surface area (Å²) >= 11 is 0. The van der Waals surface area contributed by atoms with E-state index in [4.69, 9.17) is 19.2 Å². The van der Waals surface area contributed by atoms with Gasteiger partial charge in [-0.2, -0.15) is 0 Å². The second kappa shape index (κ2) is 11.6. The quantitative estimate of drug-likeness (QED) is 0.397. The number of hydrogen-bond acceptors (Lipinski definition) is 8. The van der Waals surface area contributed by atoms with Crippen LogP contribution in [0.3, 0.4) is 0 Å². The predicted octanol–water partition coefficient (Wildman–Crippen LogP) is 2.09. The van der Waals surface area contributed by atoms with Crippen LogP contribution in [-0.4, -0.2) is 70.4 Å². The van der Waals surface area contributed by atoms with Crippen molar-refractivity contribution in [3.8, 4) is 11.4 Å². The van der Waals surface area contributed by atoms with Crippen LogP contribution in [-0.2, 0) is 32.6 Å². The Kier molecular flexibility index (Phi) is 8.43. The molecule has 1 aliphatic heterocycles. The molecule has 37 heavy (non-hydrogen) atoms. The Morgan fingerprint density at radius 2 is 2.11 bits per heavy atom. The fourth-order valence-corrected chi connectivity index (χ4v) is 4.63.